The molecule has 1 atom stereocenters. The van der Waals surface area contributed by atoms with Crippen molar-refractivity contribution in [2.45, 2.75) is 38.0 Å². The summed E-state index contributed by atoms with van der Waals surface area (Å²) in [6, 6.07) is 5.89. The standard InChI is InChI=1S/C22H28ClN5O3/c1-14(24)18(11-20(23)25)27-17-6-3-5-16(21(17)29-2)15-12-26-28(13-15)19-7-4-8-22(19)30-9-10-31-22/h3,5-6,11-13,19,27H,4,7-10,24-25H2,1-2H3/b18-14+,20-11?. The van der Waals surface area contributed by atoms with Crippen molar-refractivity contribution in [3.8, 4) is 16.9 Å². The molecule has 2 heterocycles. The predicted molar refractivity (Wildman–Crippen MR) is 120 cm³/mol. The molecular weight excluding hydrogens is 418 g/mol. The molecule has 0 amide bonds. The Bertz CT molecular complexity index is 997. The van der Waals surface area contributed by atoms with Crippen molar-refractivity contribution >= 4 is 17.3 Å². The van der Waals surface area contributed by atoms with Gasteiger partial charge in [-0.25, -0.2) is 0 Å². The van der Waals surface area contributed by atoms with E-state index in [1.54, 1.807) is 20.1 Å². The van der Waals surface area contributed by atoms with Gasteiger partial charge in [-0.05, 0) is 31.9 Å². The molecule has 5 N–H and O–H groups in total. The highest BCUT2D eigenvalue weighted by atomic mass is 35.5. The van der Waals surface area contributed by atoms with Gasteiger partial charge in [0, 0.05) is 29.4 Å². The Kier molecular flexibility index (Phi) is 6.13. The third-order valence-corrected chi connectivity index (χ3v) is 5.82. The summed E-state index contributed by atoms with van der Waals surface area (Å²) in [4.78, 5) is 0. The van der Waals surface area contributed by atoms with E-state index in [4.69, 9.17) is 37.3 Å². The van der Waals surface area contributed by atoms with E-state index in [-0.39, 0.29) is 11.2 Å². The summed E-state index contributed by atoms with van der Waals surface area (Å²) in [6.45, 7) is 3.03. The van der Waals surface area contributed by atoms with Gasteiger partial charge in [-0.15, -0.1) is 0 Å². The number of nitrogens with two attached hydrogens (primary N) is 2. The van der Waals surface area contributed by atoms with Gasteiger partial charge >= 0.3 is 0 Å². The minimum absolute atomic E-state index is 0.0577. The van der Waals surface area contributed by atoms with Crippen LogP contribution in [0.15, 0.2) is 53.2 Å². The molecule has 31 heavy (non-hydrogen) atoms. The molecule has 1 aliphatic heterocycles. The van der Waals surface area contributed by atoms with Gasteiger partial charge in [-0.3, -0.25) is 4.68 Å². The van der Waals surface area contributed by atoms with Crippen LogP contribution in [0.3, 0.4) is 0 Å². The maximum Gasteiger partial charge on any atom is 0.190 e. The summed E-state index contributed by atoms with van der Waals surface area (Å²) in [7, 11) is 1.63. The molecule has 8 nitrogen and oxygen atoms in total. The number of rotatable bonds is 6. The van der Waals surface area contributed by atoms with Crippen LogP contribution < -0.4 is 21.5 Å². The van der Waals surface area contributed by atoms with Crippen molar-refractivity contribution in [2.75, 3.05) is 25.6 Å². The first-order valence-electron chi connectivity index (χ1n) is 10.3. The average molecular weight is 446 g/mol. The number of nitrogens with zero attached hydrogens (tertiary/aromatic N) is 2. The lowest BCUT2D eigenvalue weighted by atomic mass is 10.1. The molecule has 166 valence electrons. The van der Waals surface area contributed by atoms with Gasteiger partial charge in [0.05, 0.1) is 37.9 Å². The molecule has 2 aliphatic rings. The van der Waals surface area contributed by atoms with Crippen molar-refractivity contribution in [3.63, 3.8) is 0 Å². The molecule has 2 fully saturated rings. The monoisotopic (exact) mass is 445 g/mol. The van der Waals surface area contributed by atoms with E-state index in [1.807, 2.05) is 35.3 Å². The van der Waals surface area contributed by atoms with Crippen LogP contribution in [0.4, 0.5) is 5.69 Å². The molecular formula is C22H28ClN5O3. The van der Waals surface area contributed by atoms with Crippen LogP contribution in [-0.4, -0.2) is 35.9 Å². The number of benzene rings is 1. The Morgan fingerprint density at radius 2 is 2.13 bits per heavy atom. The van der Waals surface area contributed by atoms with Gasteiger partial charge in [0.1, 0.15) is 16.9 Å². The Morgan fingerprint density at radius 1 is 1.35 bits per heavy atom. The van der Waals surface area contributed by atoms with E-state index in [1.165, 1.54) is 0 Å². The van der Waals surface area contributed by atoms with Crippen molar-refractivity contribution in [2.24, 2.45) is 11.5 Å². The Labute approximate surface area is 186 Å². The second-order valence-corrected chi connectivity index (χ2v) is 8.20. The number of halogens is 1. The molecule has 1 aliphatic carbocycles. The molecule has 2 aromatic rings. The van der Waals surface area contributed by atoms with Crippen molar-refractivity contribution in [3.05, 3.63) is 53.2 Å². The largest absolute Gasteiger partial charge is 0.494 e. The van der Waals surface area contributed by atoms with Gasteiger partial charge in [0.2, 0.25) is 0 Å². The minimum Gasteiger partial charge on any atom is -0.494 e. The number of ether oxygens (including phenoxy) is 3. The number of para-hydroxylation sites is 1. The van der Waals surface area contributed by atoms with Crippen LogP contribution in [0, 0.1) is 0 Å². The highest BCUT2D eigenvalue weighted by Gasteiger charge is 2.49. The van der Waals surface area contributed by atoms with Crippen LogP contribution in [0.5, 0.6) is 5.75 Å². The zero-order chi connectivity index (χ0) is 22.0. The molecule has 1 unspecified atom stereocenters. The van der Waals surface area contributed by atoms with E-state index in [0.717, 1.165) is 36.1 Å². The first-order valence-corrected chi connectivity index (χ1v) is 10.7. The highest BCUT2D eigenvalue weighted by Crippen LogP contribution is 2.46. The Morgan fingerprint density at radius 3 is 2.81 bits per heavy atom. The molecule has 4 rings (SSSR count). The number of aromatic nitrogens is 2. The van der Waals surface area contributed by atoms with Gasteiger partial charge < -0.3 is 31.0 Å². The lowest BCUT2D eigenvalue weighted by Crippen LogP contribution is -2.36. The van der Waals surface area contributed by atoms with Crippen LogP contribution in [0.25, 0.3) is 11.1 Å². The van der Waals surface area contributed by atoms with Crippen molar-refractivity contribution < 1.29 is 14.2 Å². The van der Waals surface area contributed by atoms with Gasteiger partial charge in [0.15, 0.2) is 5.79 Å². The second-order valence-electron chi connectivity index (χ2n) is 7.76. The maximum atomic E-state index is 5.98. The molecule has 0 bridgehead atoms. The summed E-state index contributed by atoms with van der Waals surface area (Å²) in [5.74, 6) is 0.111. The topological polar surface area (TPSA) is 110 Å². The van der Waals surface area contributed by atoms with E-state index >= 15 is 0 Å². The number of hydrogen-bond acceptors (Lipinski definition) is 7. The van der Waals surface area contributed by atoms with E-state index in [2.05, 4.69) is 10.4 Å². The average Bonchev–Trinajstić information content (AvgIpc) is 3.49. The number of anilines is 1. The zero-order valence-electron chi connectivity index (χ0n) is 17.7. The van der Waals surface area contributed by atoms with Crippen LogP contribution in [0.2, 0.25) is 0 Å². The molecule has 1 saturated carbocycles. The number of allylic oxidation sites excluding steroid dienone is 2. The summed E-state index contributed by atoms with van der Waals surface area (Å²) in [6.07, 6.45) is 8.34. The van der Waals surface area contributed by atoms with Crippen LogP contribution in [-0.2, 0) is 9.47 Å². The van der Waals surface area contributed by atoms with Gasteiger partial charge in [-0.2, -0.15) is 5.10 Å². The lowest BCUT2D eigenvalue weighted by Gasteiger charge is -2.29. The van der Waals surface area contributed by atoms with Crippen molar-refractivity contribution in [1.82, 2.24) is 9.78 Å². The quantitative estimate of drug-likeness (QED) is 0.459. The third-order valence-electron chi connectivity index (χ3n) is 5.71. The number of methoxy groups -OCH3 is 1. The molecule has 1 spiro atoms. The molecule has 9 heteroatoms. The molecule has 1 aromatic carbocycles. The fourth-order valence-corrected chi connectivity index (χ4v) is 4.44. The number of hydrogen-bond donors (Lipinski definition) is 3. The zero-order valence-corrected chi connectivity index (χ0v) is 18.5. The summed E-state index contributed by atoms with van der Waals surface area (Å²) in [5.41, 5.74) is 15.3. The third kappa shape index (κ3) is 4.23. The Balaban J connectivity index is 1.66. The number of nitrogens with one attached hydrogen (secondary N) is 1. The van der Waals surface area contributed by atoms with E-state index in [0.29, 0.717) is 30.4 Å². The lowest BCUT2D eigenvalue weighted by molar-refractivity contribution is -0.177. The molecule has 1 aromatic heterocycles. The Hall–Kier alpha value is -2.68. The van der Waals surface area contributed by atoms with Crippen LogP contribution in [0.1, 0.15) is 32.2 Å². The normalized spacial score (nSPS) is 21.4. The SMILES string of the molecule is COc1c(N/C(C=C(N)Cl)=C(\C)N)cccc1-c1cnn(C2CCCC23OCCO3)c1. The first kappa shape index (κ1) is 21.5. The molecule has 1 saturated heterocycles. The highest BCUT2D eigenvalue weighted by molar-refractivity contribution is 6.29. The van der Waals surface area contributed by atoms with Crippen LogP contribution >= 0.6 is 11.6 Å². The smallest absolute Gasteiger partial charge is 0.190 e. The second kappa shape index (κ2) is 8.82. The van der Waals surface area contributed by atoms with Gasteiger partial charge in [0.25, 0.3) is 0 Å². The van der Waals surface area contributed by atoms with E-state index in [9.17, 15) is 0 Å². The fourth-order valence-electron chi connectivity index (χ4n) is 4.33. The predicted octanol–water partition coefficient (Wildman–Crippen LogP) is 3.67. The minimum atomic E-state index is -0.553. The first-order chi connectivity index (χ1) is 14.9. The van der Waals surface area contributed by atoms with Gasteiger partial charge in [-0.1, -0.05) is 23.7 Å². The van der Waals surface area contributed by atoms with Crippen molar-refractivity contribution in [1.29, 1.82) is 0 Å². The molecule has 0 radical (unpaired) electrons. The summed E-state index contributed by atoms with van der Waals surface area (Å²) < 4.78 is 19.7. The summed E-state index contributed by atoms with van der Waals surface area (Å²) >= 11 is 5.85. The fraction of sp³-hybridized carbons (Fsp3) is 0.409. The maximum absolute atomic E-state index is 5.98. The van der Waals surface area contributed by atoms with E-state index < -0.39 is 5.79 Å². The summed E-state index contributed by atoms with van der Waals surface area (Å²) in [5, 5.41) is 8.03.